The maximum Gasteiger partial charge on any atom is 0.230 e. The first kappa shape index (κ1) is 15.5. The molecule has 2 aliphatic rings. The monoisotopic (exact) mass is 305 g/mol. The van der Waals surface area contributed by atoms with Gasteiger partial charge in [0.2, 0.25) is 5.91 Å². The molecule has 0 aromatic heterocycles. The van der Waals surface area contributed by atoms with E-state index in [0.717, 1.165) is 56.9 Å². The summed E-state index contributed by atoms with van der Waals surface area (Å²) in [5, 5.41) is 13.1. The first-order valence-electron chi connectivity index (χ1n) is 8.31. The van der Waals surface area contributed by atoms with E-state index in [1.165, 1.54) is 12.1 Å². The van der Waals surface area contributed by atoms with Gasteiger partial charge in [0.05, 0.1) is 11.0 Å². The number of aliphatic hydroxyl groups is 1. The van der Waals surface area contributed by atoms with Gasteiger partial charge in [-0.3, -0.25) is 4.79 Å². The molecule has 0 unspecified atom stereocenters. The number of benzene rings is 1. The minimum atomic E-state index is -0.729. The van der Waals surface area contributed by atoms with Crippen LogP contribution in [0.25, 0.3) is 0 Å². The third-order valence-electron chi connectivity index (χ3n) is 5.38. The Kier molecular flexibility index (Phi) is 4.22. The molecule has 0 aliphatic heterocycles. The molecule has 2 N–H and O–H groups in total. The molecule has 1 amide bonds. The molecular weight excluding hydrogens is 281 g/mol. The Labute approximate surface area is 130 Å². The van der Waals surface area contributed by atoms with E-state index in [1.54, 1.807) is 6.07 Å². The van der Waals surface area contributed by atoms with Crippen LogP contribution >= 0.6 is 0 Å². The normalized spacial score (nSPS) is 22.6. The predicted octanol–water partition coefficient (Wildman–Crippen LogP) is 3.06. The van der Waals surface area contributed by atoms with E-state index in [0.29, 0.717) is 6.54 Å². The summed E-state index contributed by atoms with van der Waals surface area (Å²) in [4.78, 5) is 12.9. The molecular formula is C18H24FNO2. The molecule has 0 bridgehead atoms. The fourth-order valence-electron chi connectivity index (χ4n) is 3.76. The fraction of sp³-hybridized carbons (Fsp3) is 0.611. The minimum Gasteiger partial charge on any atom is -0.388 e. The zero-order valence-corrected chi connectivity index (χ0v) is 12.9. The third kappa shape index (κ3) is 2.89. The summed E-state index contributed by atoms with van der Waals surface area (Å²) < 4.78 is 13.6. The summed E-state index contributed by atoms with van der Waals surface area (Å²) in [5.41, 5.74) is -0.598. The summed E-state index contributed by atoms with van der Waals surface area (Å²) in [6, 6.07) is 6.43. The van der Waals surface area contributed by atoms with Gasteiger partial charge in [-0.1, -0.05) is 31.4 Å². The predicted molar refractivity (Wildman–Crippen MR) is 83.0 cm³/mol. The lowest BCUT2D eigenvalue weighted by molar-refractivity contribution is -0.130. The highest BCUT2D eigenvalue weighted by molar-refractivity contribution is 5.88. The van der Waals surface area contributed by atoms with Crippen LogP contribution in [0.4, 0.5) is 4.39 Å². The molecule has 3 rings (SSSR count). The largest absolute Gasteiger partial charge is 0.388 e. The second kappa shape index (κ2) is 5.99. The Balaban J connectivity index is 1.80. The summed E-state index contributed by atoms with van der Waals surface area (Å²) in [7, 11) is 0. The lowest BCUT2D eigenvalue weighted by Crippen LogP contribution is -2.53. The SMILES string of the molecule is O=C(NCC1(O)CCC1)C1(c2cccc(F)c2)CCCCC1. The number of rotatable bonds is 4. The van der Waals surface area contributed by atoms with Gasteiger partial charge in [0.1, 0.15) is 5.82 Å². The number of halogens is 1. The van der Waals surface area contributed by atoms with Crippen molar-refractivity contribution in [2.24, 2.45) is 0 Å². The molecule has 0 heterocycles. The van der Waals surface area contributed by atoms with Crippen LogP contribution in [-0.4, -0.2) is 23.2 Å². The quantitative estimate of drug-likeness (QED) is 0.898. The van der Waals surface area contributed by atoms with Crippen LogP contribution in [0.1, 0.15) is 56.9 Å². The van der Waals surface area contributed by atoms with Crippen molar-refractivity contribution in [3.8, 4) is 0 Å². The van der Waals surface area contributed by atoms with Gasteiger partial charge in [-0.15, -0.1) is 0 Å². The molecule has 22 heavy (non-hydrogen) atoms. The van der Waals surface area contributed by atoms with E-state index < -0.39 is 11.0 Å². The van der Waals surface area contributed by atoms with E-state index in [1.807, 2.05) is 6.07 Å². The Morgan fingerprint density at radius 3 is 2.45 bits per heavy atom. The van der Waals surface area contributed by atoms with Crippen LogP contribution < -0.4 is 5.32 Å². The molecule has 1 aromatic carbocycles. The maximum atomic E-state index is 13.6. The lowest BCUT2D eigenvalue weighted by Gasteiger charge is -2.40. The van der Waals surface area contributed by atoms with Crippen molar-refractivity contribution in [2.75, 3.05) is 6.54 Å². The van der Waals surface area contributed by atoms with E-state index >= 15 is 0 Å². The molecule has 0 saturated heterocycles. The lowest BCUT2D eigenvalue weighted by atomic mass is 9.68. The van der Waals surface area contributed by atoms with Crippen LogP contribution in [0.15, 0.2) is 24.3 Å². The van der Waals surface area contributed by atoms with E-state index in [-0.39, 0.29) is 11.7 Å². The highest BCUT2D eigenvalue weighted by atomic mass is 19.1. The molecule has 2 fully saturated rings. The van der Waals surface area contributed by atoms with Gasteiger partial charge in [0.15, 0.2) is 0 Å². The van der Waals surface area contributed by atoms with Crippen molar-refractivity contribution in [3.63, 3.8) is 0 Å². The van der Waals surface area contributed by atoms with Crippen molar-refractivity contribution in [3.05, 3.63) is 35.6 Å². The number of carbonyl (C=O) groups is 1. The van der Waals surface area contributed by atoms with Gasteiger partial charge in [-0.25, -0.2) is 4.39 Å². The van der Waals surface area contributed by atoms with Crippen molar-refractivity contribution in [1.82, 2.24) is 5.32 Å². The number of nitrogens with one attached hydrogen (secondary N) is 1. The molecule has 4 heteroatoms. The average Bonchev–Trinajstić information content (AvgIpc) is 2.51. The van der Waals surface area contributed by atoms with Crippen LogP contribution in [0.2, 0.25) is 0 Å². The number of hydrogen-bond acceptors (Lipinski definition) is 2. The summed E-state index contributed by atoms with van der Waals surface area (Å²) in [5.74, 6) is -0.356. The van der Waals surface area contributed by atoms with E-state index in [9.17, 15) is 14.3 Å². The van der Waals surface area contributed by atoms with Gasteiger partial charge in [0.25, 0.3) is 0 Å². The molecule has 2 saturated carbocycles. The number of carbonyl (C=O) groups excluding carboxylic acids is 1. The molecule has 2 aliphatic carbocycles. The zero-order chi connectivity index (χ0) is 15.6. The number of hydrogen-bond donors (Lipinski definition) is 2. The van der Waals surface area contributed by atoms with Gasteiger partial charge < -0.3 is 10.4 Å². The van der Waals surface area contributed by atoms with Crippen LogP contribution in [0.5, 0.6) is 0 Å². The van der Waals surface area contributed by atoms with Crippen LogP contribution in [-0.2, 0) is 10.2 Å². The van der Waals surface area contributed by atoms with Gasteiger partial charge in [-0.05, 0) is 49.8 Å². The second-order valence-corrected chi connectivity index (χ2v) is 6.91. The average molecular weight is 305 g/mol. The van der Waals surface area contributed by atoms with Gasteiger partial charge in [-0.2, -0.15) is 0 Å². The fourth-order valence-corrected chi connectivity index (χ4v) is 3.76. The number of amides is 1. The Morgan fingerprint density at radius 1 is 1.14 bits per heavy atom. The van der Waals surface area contributed by atoms with Crippen molar-refractivity contribution in [2.45, 2.75) is 62.4 Å². The van der Waals surface area contributed by atoms with E-state index in [2.05, 4.69) is 5.32 Å². The van der Waals surface area contributed by atoms with Crippen LogP contribution in [0, 0.1) is 5.82 Å². The summed E-state index contributed by atoms with van der Waals surface area (Å²) in [6.45, 7) is 0.308. The Hall–Kier alpha value is -1.42. The smallest absolute Gasteiger partial charge is 0.230 e. The second-order valence-electron chi connectivity index (χ2n) is 6.91. The topological polar surface area (TPSA) is 49.3 Å². The maximum absolute atomic E-state index is 13.6. The molecule has 120 valence electrons. The van der Waals surface area contributed by atoms with Gasteiger partial charge in [0, 0.05) is 6.54 Å². The van der Waals surface area contributed by atoms with Crippen molar-refractivity contribution in [1.29, 1.82) is 0 Å². The van der Waals surface area contributed by atoms with Gasteiger partial charge >= 0.3 is 0 Å². The van der Waals surface area contributed by atoms with Crippen molar-refractivity contribution >= 4 is 5.91 Å². The zero-order valence-electron chi connectivity index (χ0n) is 12.9. The molecule has 3 nitrogen and oxygen atoms in total. The molecule has 1 aromatic rings. The summed E-state index contributed by atoms with van der Waals surface area (Å²) >= 11 is 0. The molecule has 0 radical (unpaired) electrons. The summed E-state index contributed by atoms with van der Waals surface area (Å²) in [6.07, 6.45) is 7.10. The highest BCUT2D eigenvalue weighted by Gasteiger charge is 2.43. The highest BCUT2D eigenvalue weighted by Crippen LogP contribution is 2.40. The van der Waals surface area contributed by atoms with Crippen molar-refractivity contribution < 1.29 is 14.3 Å². The standard InChI is InChI=1S/C18H24FNO2/c19-15-7-4-6-14(12-15)18(10-2-1-3-11-18)16(21)20-13-17(22)8-5-9-17/h4,6-7,12,22H,1-3,5,8-11,13H2,(H,20,21). The molecule has 0 spiro atoms. The Morgan fingerprint density at radius 2 is 1.86 bits per heavy atom. The molecule has 0 atom stereocenters. The minimum absolute atomic E-state index is 0.0573. The van der Waals surface area contributed by atoms with Crippen LogP contribution in [0.3, 0.4) is 0 Å². The first-order valence-corrected chi connectivity index (χ1v) is 8.31. The first-order chi connectivity index (χ1) is 10.5. The third-order valence-corrected chi connectivity index (χ3v) is 5.38. The Bertz CT molecular complexity index is 548. The van der Waals surface area contributed by atoms with E-state index in [4.69, 9.17) is 0 Å².